The summed E-state index contributed by atoms with van der Waals surface area (Å²) in [5.41, 5.74) is 4.48. The van der Waals surface area contributed by atoms with Crippen LogP contribution < -0.4 is 0 Å². The minimum absolute atomic E-state index is 0.521. The topological polar surface area (TPSA) is 20.2 Å². The average Bonchev–Trinajstić information content (AvgIpc) is 2.46. The van der Waals surface area contributed by atoms with Gasteiger partial charge in [0, 0.05) is 0 Å². The van der Waals surface area contributed by atoms with Crippen molar-refractivity contribution in [3.63, 3.8) is 0 Å². The van der Waals surface area contributed by atoms with E-state index >= 15 is 0 Å². The summed E-state index contributed by atoms with van der Waals surface area (Å²) in [7, 11) is 0. The van der Waals surface area contributed by atoms with Crippen molar-refractivity contribution < 1.29 is 5.11 Å². The lowest BCUT2D eigenvalue weighted by molar-refractivity contribution is 0.219. The third-order valence-corrected chi connectivity index (χ3v) is 3.41. The largest absolute Gasteiger partial charge is 0.384 e. The molecule has 0 saturated heterocycles. The fourth-order valence-corrected chi connectivity index (χ4v) is 2.29. The molecule has 0 radical (unpaired) electrons. The molecule has 2 aromatic carbocycles. The maximum absolute atomic E-state index is 10.5. The van der Waals surface area contributed by atoms with E-state index in [4.69, 9.17) is 0 Å². The molecule has 0 aliphatic carbocycles. The normalized spacial score (nSPS) is 12.4. The van der Waals surface area contributed by atoms with Gasteiger partial charge in [0.2, 0.25) is 0 Å². The first-order valence-corrected chi connectivity index (χ1v) is 6.61. The van der Waals surface area contributed by atoms with Crippen LogP contribution in [0.25, 0.3) is 0 Å². The van der Waals surface area contributed by atoms with Crippen molar-refractivity contribution in [1.29, 1.82) is 0 Å². The second kappa shape index (κ2) is 5.83. The summed E-state index contributed by atoms with van der Waals surface area (Å²) >= 11 is 0. The molecule has 2 aromatic rings. The summed E-state index contributed by atoms with van der Waals surface area (Å²) in [4.78, 5) is 0. The molecule has 1 N–H and O–H groups in total. The van der Waals surface area contributed by atoms with Gasteiger partial charge in [-0.15, -0.1) is 0 Å². The van der Waals surface area contributed by atoms with Crippen molar-refractivity contribution in [2.24, 2.45) is 0 Å². The highest BCUT2D eigenvalue weighted by Crippen LogP contribution is 2.26. The van der Waals surface area contributed by atoms with Crippen molar-refractivity contribution in [2.75, 3.05) is 0 Å². The Morgan fingerprint density at radius 1 is 0.944 bits per heavy atom. The van der Waals surface area contributed by atoms with E-state index in [1.54, 1.807) is 0 Å². The Kier molecular flexibility index (Phi) is 4.16. The van der Waals surface area contributed by atoms with Crippen molar-refractivity contribution in [3.05, 3.63) is 70.8 Å². The second-order valence-electron chi connectivity index (χ2n) is 4.55. The quantitative estimate of drug-likeness (QED) is 0.859. The molecule has 0 fully saturated rings. The van der Waals surface area contributed by atoms with Gasteiger partial charge >= 0.3 is 0 Å². The predicted molar refractivity (Wildman–Crippen MR) is 75.7 cm³/mol. The second-order valence-corrected chi connectivity index (χ2v) is 4.55. The van der Waals surface area contributed by atoms with E-state index in [0.29, 0.717) is 0 Å². The number of hydrogen-bond acceptors (Lipinski definition) is 1. The highest BCUT2D eigenvalue weighted by Gasteiger charge is 2.13. The van der Waals surface area contributed by atoms with E-state index in [1.807, 2.05) is 30.3 Å². The maximum atomic E-state index is 10.5. The molecule has 0 aliphatic rings. The first-order chi connectivity index (χ1) is 8.76. The lowest BCUT2D eigenvalue weighted by atomic mass is 9.94. The van der Waals surface area contributed by atoms with Crippen LogP contribution in [0.15, 0.2) is 48.5 Å². The summed E-state index contributed by atoms with van der Waals surface area (Å²) < 4.78 is 0. The van der Waals surface area contributed by atoms with Gasteiger partial charge in [-0.05, 0) is 35.1 Å². The van der Waals surface area contributed by atoms with Gasteiger partial charge in [0.15, 0.2) is 0 Å². The summed E-state index contributed by atoms with van der Waals surface area (Å²) in [5.74, 6) is 0. The Labute approximate surface area is 109 Å². The monoisotopic (exact) mass is 240 g/mol. The van der Waals surface area contributed by atoms with Crippen molar-refractivity contribution >= 4 is 0 Å². The Balaban J connectivity index is 2.37. The Hall–Kier alpha value is -1.60. The molecule has 0 spiro atoms. The van der Waals surface area contributed by atoms with Crippen LogP contribution in [-0.2, 0) is 12.8 Å². The van der Waals surface area contributed by atoms with E-state index in [1.165, 1.54) is 11.1 Å². The van der Waals surface area contributed by atoms with Gasteiger partial charge in [0.05, 0.1) is 0 Å². The highest BCUT2D eigenvalue weighted by atomic mass is 16.3. The van der Waals surface area contributed by atoms with Crippen molar-refractivity contribution in [2.45, 2.75) is 32.8 Å². The van der Waals surface area contributed by atoms with Crippen LogP contribution in [0.2, 0.25) is 0 Å². The SMILES string of the molecule is CCc1cccc(C(O)c2ccccc2CC)c1. The Morgan fingerprint density at radius 2 is 1.72 bits per heavy atom. The minimum atomic E-state index is -0.521. The molecule has 0 heterocycles. The standard InChI is InChI=1S/C17H20O/c1-3-13-8-7-10-15(12-13)17(18)16-11-6-5-9-14(16)4-2/h5-12,17-18H,3-4H2,1-2H3. The molecule has 1 unspecified atom stereocenters. The molecule has 1 nitrogen and oxygen atoms in total. The molecule has 1 heteroatoms. The van der Waals surface area contributed by atoms with Crippen LogP contribution in [0.5, 0.6) is 0 Å². The van der Waals surface area contributed by atoms with Crippen LogP contribution in [0.4, 0.5) is 0 Å². The van der Waals surface area contributed by atoms with Gasteiger partial charge in [-0.25, -0.2) is 0 Å². The number of benzene rings is 2. The molecule has 0 saturated carbocycles. The first-order valence-electron chi connectivity index (χ1n) is 6.61. The zero-order valence-corrected chi connectivity index (χ0v) is 11.1. The van der Waals surface area contributed by atoms with Crippen LogP contribution >= 0.6 is 0 Å². The van der Waals surface area contributed by atoms with E-state index in [-0.39, 0.29) is 0 Å². The van der Waals surface area contributed by atoms with Crippen molar-refractivity contribution in [3.8, 4) is 0 Å². The lowest BCUT2D eigenvalue weighted by Crippen LogP contribution is -2.03. The number of rotatable bonds is 4. The zero-order valence-electron chi connectivity index (χ0n) is 11.1. The number of aliphatic hydroxyl groups is 1. The molecular weight excluding hydrogens is 220 g/mol. The van der Waals surface area contributed by atoms with Crippen LogP contribution in [0.1, 0.15) is 42.2 Å². The molecule has 94 valence electrons. The Morgan fingerprint density at radius 3 is 2.44 bits per heavy atom. The van der Waals surface area contributed by atoms with E-state index in [2.05, 4.69) is 32.0 Å². The van der Waals surface area contributed by atoms with Gasteiger partial charge < -0.3 is 5.11 Å². The summed E-state index contributed by atoms with van der Waals surface area (Å²) in [6, 6.07) is 16.3. The Bertz CT molecular complexity index is 517. The molecule has 0 aromatic heterocycles. The van der Waals surface area contributed by atoms with Crippen molar-refractivity contribution in [1.82, 2.24) is 0 Å². The predicted octanol–water partition coefficient (Wildman–Crippen LogP) is 3.89. The van der Waals surface area contributed by atoms with Gasteiger partial charge in [-0.3, -0.25) is 0 Å². The van der Waals surface area contributed by atoms with E-state index < -0.39 is 6.10 Å². The highest BCUT2D eigenvalue weighted by molar-refractivity contribution is 5.37. The number of aryl methyl sites for hydroxylation is 2. The third-order valence-electron chi connectivity index (χ3n) is 3.41. The zero-order chi connectivity index (χ0) is 13.0. The third kappa shape index (κ3) is 2.62. The molecule has 1 atom stereocenters. The number of aliphatic hydroxyl groups excluding tert-OH is 1. The van der Waals surface area contributed by atoms with Gasteiger partial charge in [-0.1, -0.05) is 62.4 Å². The molecular formula is C17H20O. The number of hydrogen-bond donors (Lipinski definition) is 1. The van der Waals surface area contributed by atoms with Gasteiger partial charge in [0.1, 0.15) is 6.10 Å². The van der Waals surface area contributed by atoms with Gasteiger partial charge in [-0.2, -0.15) is 0 Å². The molecule has 0 bridgehead atoms. The fourth-order valence-electron chi connectivity index (χ4n) is 2.29. The molecule has 0 amide bonds. The van der Waals surface area contributed by atoms with Crippen LogP contribution in [-0.4, -0.2) is 5.11 Å². The van der Waals surface area contributed by atoms with Crippen LogP contribution in [0, 0.1) is 0 Å². The first kappa shape index (κ1) is 12.8. The fraction of sp³-hybridized carbons (Fsp3) is 0.294. The summed E-state index contributed by atoms with van der Waals surface area (Å²) in [6.45, 7) is 4.25. The van der Waals surface area contributed by atoms with Crippen LogP contribution in [0.3, 0.4) is 0 Å². The smallest absolute Gasteiger partial charge is 0.104 e. The molecule has 18 heavy (non-hydrogen) atoms. The van der Waals surface area contributed by atoms with E-state index in [0.717, 1.165) is 24.0 Å². The minimum Gasteiger partial charge on any atom is -0.384 e. The lowest BCUT2D eigenvalue weighted by Gasteiger charge is -2.16. The molecule has 0 aliphatic heterocycles. The van der Waals surface area contributed by atoms with E-state index in [9.17, 15) is 5.11 Å². The van der Waals surface area contributed by atoms with Gasteiger partial charge in [0.25, 0.3) is 0 Å². The average molecular weight is 240 g/mol. The molecule has 2 rings (SSSR count). The summed E-state index contributed by atoms with van der Waals surface area (Å²) in [6.07, 6.45) is 1.42. The maximum Gasteiger partial charge on any atom is 0.104 e. The summed E-state index contributed by atoms with van der Waals surface area (Å²) in [5, 5.41) is 10.5.